The van der Waals surface area contributed by atoms with Crippen LogP contribution in [0.15, 0.2) is 48.5 Å². The highest BCUT2D eigenvalue weighted by atomic mass is 16.5. The SMILES string of the molecule is Nc1ccccc1CCOc1ccccc1N. The van der Waals surface area contributed by atoms with Crippen LogP contribution in [0.1, 0.15) is 5.56 Å². The Labute approximate surface area is 101 Å². The topological polar surface area (TPSA) is 61.3 Å². The molecule has 0 amide bonds. The molecule has 0 radical (unpaired) electrons. The van der Waals surface area contributed by atoms with Gasteiger partial charge in [-0.2, -0.15) is 0 Å². The summed E-state index contributed by atoms with van der Waals surface area (Å²) in [5, 5.41) is 0. The Kier molecular flexibility index (Phi) is 3.50. The number of para-hydroxylation sites is 3. The van der Waals surface area contributed by atoms with Crippen molar-refractivity contribution in [2.45, 2.75) is 6.42 Å². The second-order valence-corrected chi connectivity index (χ2v) is 3.84. The molecule has 2 rings (SSSR count). The normalized spacial score (nSPS) is 10.1. The summed E-state index contributed by atoms with van der Waals surface area (Å²) in [4.78, 5) is 0. The van der Waals surface area contributed by atoms with E-state index in [1.165, 1.54) is 0 Å². The van der Waals surface area contributed by atoms with Gasteiger partial charge in [0.1, 0.15) is 5.75 Å². The third-order valence-electron chi connectivity index (χ3n) is 2.60. The van der Waals surface area contributed by atoms with Gasteiger partial charge in [-0.3, -0.25) is 0 Å². The van der Waals surface area contributed by atoms with Crippen LogP contribution in [0.2, 0.25) is 0 Å². The summed E-state index contributed by atoms with van der Waals surface area (Å²) < 4.78 is 5.62. The molecule has 2 aromatic carbocycles. The maximum atomic E-state index is 5.85. The lowest BCUT2D eigenvalue weighted by Gasteiger charge is -2.09. The van der Waals surface area contributed by atoms with E-state index in [0.717, 1.165) is 23.4 Å². The van der Waals surface area contributed by atoms with Gasteiger partial charge in [-0.1, -0.05) is 30.3 Å². The Balaban J connectivity index is 1.93. The van der Waals surface area contributed by atoms with Gasteiger partial charge < -0.3 is 16.2 Å². The molecule has 3 nitrogen and oxygen atoms in total. The minimum Gasteiger partial charge on any atom is -0.491 e. The van der Waals surface area contributed by atoms with Crippen molar-refractivity contribution in [3.63, 3.8) is 0 Å². The van der Waals surface area contributed by atoms with E-state index in [1.807, 2.05) is 48.5 Å². The van der Waals surface area contributed by atoms with Crippen LogP contribution in [0.25, 0.3) is 0 Å². The highest BCUT2D eigenvalue weighted by Gasteiger charge is 2.00. The van der Waals surface area contributed by atoms with Gasteiger partial charge in [0.2, 0.25) is 0 Å². The van der Waals surface area contributed by atoms with Gasteiger partial charge in [0.25, 0.3) is 0 Å². The van der Waals surface area contributed by atoms with Crippen molar-refractivity contribution in [2.24, 2.45) is 0 Å². The lowest BCUT2D eigenvalue weighted by Crippen LogP contribution is -2.05. The van der Waals surface area contributed by atoms with Crippen LogP contribution in [-0.2, 0) is 6.42 Å². The van der Waals surface area contributed by atoms with E-state index in [2.05, 4.69) is 0 Å². The van der Waals surface area contributed by atoms with Crippen molar-refractivity contribution in [2.75, 3.05) is 18.1 Å². The first-order chi connectivity index (χ1) is 8.27. The van der Waals surface area contributed by atoms with Gasteiger partial charge in [0.05, 0.1) is 12.3 Å². The first kappa shape index (κ1) is 11.3. The fraction of sp³-hybridized carbons (Fsp3) is 0.143. The first-order valence-corrected chi connectivity index (χ1v) is 5.58. The molecule has 3 heteroatoms. The summed E-state index contributed by atoms with van der Waals surface area (Å²) in [6, 6.07) is 15.3. The molecule has 0 saturated carbocycles. The molecular weight excluding hydrogens is 212 g/mol. The molecule has 0 heterocycles. The Morgan fingerprint density at radius 3 is 2.18 bits per heavy atom. The van der Waals surface area contributed by atoms with E-state index in [0.29, 0.717) is 12.3 Å². The standard InChI is InChI=1S/C14H16N2O/c15-12-6-2-1-5-11(12)9-10-17-14-8-4-3-7-13(14)16/h1-8H,9-10,15-16H2. The van der Waals surface area contributed by atoms with Crippen molar-refractivity contribution in [1.29, 1.82) is 0 Å². The molecule has 4 N–H and O–H groups in total. The molecule has 0 bridgehead atoms. The third-order valence-corrected chi connectivity index (χ3v) is 2.60. The summed E-state index contributed by atoms with van der Waals surface area (Å²) in [5.74, 6) is 0.724. The molecule has 0 unspecified atom stereocenters. The van der Waals surface area contributed by atoms with Crippen LogP contribution in [0, 0.1) is 0 Å². The Bertz CT molecular complexity index is 452. The van der Waals surface area contributed by atoms with Gasteiger partial charge >= 0.3 is 0 Å². The fourth-order valence-electron chi connectivity index (χ4n) is 1.64. The monoisotopic (exact) mass is 228 g/mol. The van der Waals surface area contributed by atoms with Crippen molar-refractivity contribution >= 4 is 11.4 Å². The highest BCUT2D eigenvalue weighted by Crippen LogP contribution is 2.20. The molecule has 2 aromatic rings. The third kappa shape index (κ3) is 2.91. The molecule has 0 aliphatic heterocycles. The van der Waals surface area contributed by atoms with Gasteiger partial charge in [-0.25, -0.2) is 0 Å². The van der Waals surface area contributed by atoms with Gasteiger partial charge in [-0.05, 0) is 23.8 Å². The van der Waals surface area contributed by atoms with E-state index < -0.39 is 0 Å². The minimum absolute atomic E-state index is 0.572. The Hall–Kier alpha value is -2.16. The maximum Gasteiger partial charge on any atom is 0.142 e. The molecule has 0 fully saturated rings. The number of hydrogen-bond acceptors (Lipinski definition) is 3. The van der Waals surface area contributed by atoms with E-state index >= 15 is 0 Å². The van der Waals surface area contributed by atoms with Crippen LogP contribution < -0.4 is 16.2 Å². The van der Waals surface area contributed by atoms with Crippen molar-refractivity contribution in [3.05, 3.63) is 54.1 Å². The van der Waals surface area contributed by atoms with E-state index in [1.54, 1.807) is 0 Å². The summed E-state index contributed by atoms with van der Waals surface area (Å²) in [7, 11) is 0. The molecule has 0 aliphatic rings. The Morgan fingerprint density at radius 2 is 1.47 bits per heavy atom. The van der Waals surface area contributed by atoms with Crippen LogP contribution in [0.5, 0.6) is 5.75 Å². The average molecular weight is 228 g/mol. The summed E-state index contributed by atoms with van der Waals surface area (Å²) in [6.07, 6.45) is 0.779. The number of rotatable bonds is 4. The minimum atomic E-state index is 0.572. The number of ether oxygens (including phenoxy) is 1. The van der Waals surface area contributed by atoms with Crippen molar-refractivity contribution in [1.82, 2.24) is 0 Å². The molecule has 0 aliphatic carbocycles. The van der Waals surface area contributed by atoms with Crippen molar-refractivity contribution in [3.8, 4) is 5.75 Å². The molecule has 0 atom stereocenters. The van der Waals surface area contributed by atoms with Gasteiger partial charge in [-0.15, -0.1) is 0 Å². The predicted molar refractivity (Wildman–Crippen MR) is 70.9 cm³/mol. The summed E-state index contributed by atoms with van der Waals surface area (Å²) in [5.41, 5.74) is 14.2. The molecule has 0 saturated heterocycles. The van der Waals surface area contributed by atoms with E-state index in [4.69, 9.17) is 16.2 Å². The zero-order valence-corrected chi connectivity index (χ0v) is 9.60. The number of anilines is 2. The molecule has 0 aromatic heterocycles. The number of hydrogen-bond donors (Lipinski definition) is 2. The van der Waals surface area contributed by atoms with E-state index in [-0.39, 0.29) is 0 Å². The van der Waals surface area contributed by atoms with Crippen molar-refractivity contribution < 1.29 is 4.74 Å². The zero-order valence-electron chi connectivity index (χ0n) is 9.60. The van der Waals surface area contributed by atoms with Gasteiger partial charge in [0.15, 0.2) is 0 Å². The maximum absolute atomic E-state index is 5.85. The molecule has 0 spiro atoms. The highest BCUT2D eigenvalue weighted by molar-refractivity contribution is 5.52. The van der Waals surface area contributed by atoms with Crippen LogP contribution in [-0.4, -0.2) is 6.61 Å². The number of nitrogens with two attached hydrogens (primary N) is 2. The molecular formula is C14H16N2O. The second-order valence-electron chi connectivity index (χ2n) is 3.84. The smallest absolute Gasteiger partial charge is 0.142 e. The quantitative estimate of drug-likeness (QED) is 0.790. The zero-order chi connectivity index (χ0) is 12.1. The number of nitrogen functional groups attached to an aromatic ring is 2. The van der Waals surface area contributed by atoms with Gasteiger partial charge in [0, 0.05) is 12.1 Å². The summed E-state index contributed by atoms with van der Waals surface area (Å²) >= 11 is 0. The van der Waals surface area contributed by atoms with Crippen LogP contribution in [0.3, 0.4) is 0 Å². The number of benzene rings is 2. The lowest BCUT2D eigenvalue weighted by molar-refractivity contribution is 0.324. The molecule has 17 heavy (non-hydrogen) atoms. The predicted octanol–water partition coefficient (Wildman–Crippen LogP) is 2.47. The first-order valence-electron chi connectivity index (χ1n) is 5.58. The fourth-order valence-corrected chi connectivity index (χ4v) is 1.64. The summed E-state index contributed by atoms with van der Waals surface area (Å²) in [6.45, 7) is 0.572. The lowest BCUT2D eigenvalue weighted by atomic mass is 10.1. The van der Waals surface area contributed by atoms with Crippen LogP contribution in [0.4, 0.5) is 11.4 Å². The Morgan fingerprint density at radius 1 is 0.824 bits per heavy atom. The van der Waals surface area contributed by atoms with E-state index in [9.17, 15) is 0 Å². The average Bonchev–Trinajstić information content (AvgIpc) is 2.34. The molecule has 88 valence electrons. The largest absolute Gasteiger partial charge is 0.491 e. The van der Waals surface area contributed by atoms with Crippen LogP contribution >= 0.6 is 0 Å². The second kappa shape index (κ2) is 5.25.